The molecule has 1 aromatic heterocycles. The number of rotatable bonds is 6. The van der Waals surface area contributed by atoms with Gasteiger partial charge < -0.3 is 10.1 Å². The number of nitrogens with zero attached hydrogens (tertiary/aromatic N) is 1. The molecule has 0 bridgehead atoms. The smallest absolute Gasteiger partial charge is 0.335 e. The number of thioether (sulfide) groups is 1. The number of carbonyl (C=O) groups is 1. The van der Waals surface area contributed by atoms with Crippen molar-refractivity contribution in [2.24, 2.45) is 0 Å². The number of hydrogen-bond acceptors (Lipinski definition) is 3. The number of aromatic carboxylic acids is 1. The molecule has 0 amide bonds. The maximum Gasteiger partial charge on any atom is 0.335 e. The summed E-state index contributed by atoms with van der Waals surface area (Å²) in [5.41, 5.74) is 1.32. The molecule has 0 saturated heterocycles. The topological polar surface area (TPSA) is 75.1 Å². The van der Waals surface area contributed by atoms with Crippen molar-refractivity contribution in [3.63, 3.8) is 0 Å². The standard InChI is InChI=1S/C15H20N2O3S/c1-4-15(5-2,21-3)9-17-12-7-6-10(13(18)19)8-11(12)16-14(17)20/h6-8H,4-5,9H2,1-3H3,(H,16,20)(H,18,19). The summed E-state index contributed by atoms with van der Waals surface area (Å²) in [6.07, 6.45) is 4.00. The molecule has 2 rings (SSSR count). The highest BCUT2D eigenvalue weighted by atomic mass is 32.2. The Kier molecular flexibility index (Phi) is 4.46. The fraction of sp³-hybridized carbons (Fsp3) is 0.467. The number of aromatic amines is 1. The molecule has 2 aromatic rings. The van der Waals surface area contributed by atoms with E-state index >= 15 is 0 Å². The fourth-order valence-corrected chi connectivity index (χ4v) is 3.40. The first-order valence-corrected chi connectivity index (χ1v) is 8.20. The number of benzene rings is 1. The zero-order valence-electron chi connectivity index (χ0n) is 12.5. The van der Waals surface area contributed by atoms with E-state index in [0.717, 1.165) is 18.4 Å². The normalized spacial score (nSPS) is 12.0. The highest BCUT2D eigenvalue weighted by Gasteiger charge is 2.27. The van der Waals surface area contributed by atoms with Gasteiger partial charge in [-0.1, -0.05) is 13.8 Å². The number of carboxylic acid groups (broad SMARTS) is 1. The van der Waals surface area contributed by atoms with Gasteiger partial charge in [-0.15, -0.1) is 0 Å². The largest absolute Gasteiger partial charge is 0.478 e. The van der Waals surface area contributed by atoms with Crippen molar-refractivity contribution < 1.29 is 9.90 Å². The summed E-state index contributed by atoms with van der Waals surface area (Å²) < 4.78 is 1.73. The van der Waals surface area contributed by atoms with Gasteiger partial charge in [-0.3, -0.25) is 4.57 Å². The quantitative estimate of drug-likeness (QED) is 0.860. The van der Waals surface area contributed by atoms with Gasteiger partial charge in [0.2, 0.25) is 0 Å². The SMILES string of the molecule is CCC(CC)(Cn1c(=O)[nH]c2cc(C(=O)O)ccc21)SC. The lowest BCUT2D eigenvalue weighted by atomic mass is 10.0. The summed E-state index contributed by atoms with van der Waals surface area (Å²) in [5.74, 6) is -0.994. The minimum atomic E-state index is -0.994. The van der Waals surface area contributed by atoms with E-state index in [-0.39, 0.29) is 16.0 Å². The molecule has 0 radical (unpaired) electrons. The molecule has 0 aliphatic carbocycles. The molecule has 0 aliphatic rings. The van der Waals surface area contributed by atoms with Gasteiger partial charge in [0.15, 0.2) is 0 Å². The first kappa shape index (κ1) is 15.7. The summed E-state index contributed by atoms with van der Waals surface area (Å²) in [6, 6.07) is 4.74. The highest BCUT2D eigenvalue weighted by Crippen LogP contribution is 2.32. The number of carboxylic acids is 1. The molecule has 0 atom stereocenters. The molecule has 1 aromatic carbocycles. The Hall–Kier alpha value is -1.69. The molecule has 0 fully saturated rings. The number of nitrogens with one attached hydrogen (secondary N) is 1. The fourth-order valence-electron chi connectivity index (χ4n) is 2.57. The predicted molar refractivity (Wildman–Crippen MR) is 86.3 cm³/mol. The number of imidazole rings is 1. The molecule has 0 unspecified atom stereocenters. The first-order chi connectivity index (χ1) is 9.96. The van der Waals surface area contributed by atoms with Crippen LogP contribution in [0, 0.1) is 0 Å². The van der Waals surface area contributed by atoms with Crippen molar-refractivity contribution >= 4 is 28.8 Å². The maximum absolute atomic E-state index is 12.2. The van der Waals surface area contributed by atoms with Gasteiger partial charge in [0, 0.05) is 11.3 Å². The Bertz CT molecular complexity index is 705. The molecule has 0 spiro atoms. The van der Waals surface area contributed by atoms with Crippen LogP contribution in [0.15, 0.2) is 23.0 Å². The molecule has 114 valence electrons. The number of hydrogen-bond donors (Lipinski definition) is 2. The van der Waals surface area contributed by atoms with Crippen LogP contribution in [0.5, 0.6) is 0 Å². The average molecular weight is 308 g/mol. The minimum Gasteiger partial charge on any atom is -0.478 e. The second kappa shape index (κ2) is 5.97. The van der Waals surface area contributed by atoms with E-state index in [9.17, 15) is 9.59 Å². The van der Waals surface area contributed by atoms with E-state index in [1.807, 2.05) is 0 Å². The van der Waals surface area contributed by atoms with Crippen molar-refractivity contribution in [3.8, 4) is 0 Å². The van der Waals surface area contributed by atoms with Crippen molar-refractivity contribution in [3.05, 3.63) is 34.2 Å². The molecular weight excluding hydrogens is 288 g/mol. The van der Waals surface area contributed by atoms with Crippen molar-refractivity contribution in [2.45, 2.75) is 38.0 Å². The summed E-state index contributed by atoms with van der Waals surface area (Å²) in [7, 11) is 0. The van der Waals surface area contributed by atoms with Gasteiger partial charge in [0.25, 0.3) is 0 Å². The number of fused-ring (bicyclic) bond motifs is 1. The predicted octanol–water partition coefficient (Wildman–Crippen LogP) is 2.95. The Labute approximate surface area is 127 Å². The zero-order valence-corrected chi connectivity index (χ0v) is 13.3. The second-order valence-corrected chi connectivity index (χ2v) is 6.42. The molecule has 21 heavy (non-hydrogen) atoms. The average Bonchev–Trinajstić information content (AvgIpc) is 2.79. The van der Waals surface area contributed by atoms with Crippen LogP contribution in [0.3, 0.4) is 0 Å². The van der Waals surface area contributed by atoms with E-state index in [1.165, 1.54) is 12.1 Å². The molecular formula is C15H20N2O3S. The van der Waals surface area contributed by atoms with E-state index in [2.05, 4.69) is 25.1 Å². The van der Waals surface area contributed by atoms with Crippen LogP contribution in [0.25, 0.3) is 11.0 Å². The maximum atomic E-state index is 12.2. The summed E-state index contributed by atoms with van der Waals surface area (Å²) in [4.78, 5) is 25.9. The van der Waals surface area contributed by atoms with E-state index < -0.39 is 5.97 Å². The van der Waals surface area contributed by atoms with Gasteiger partial charge in [-0.05, 0) is 37.3 Å². The Morgan fingerprint density at radius 3 is 2.57 bits per heavy atom. The van der Waals surface area contributed by atoms with Crippen LogP contribution in [0.1, 0.15) is 37.0 Å². The van der Waals surface area contributed by atoms with Crippen molar-refractivity contribution in [2.75, 3.05) is 6.26 Å². The molecule has 5 nitrogen and oxygen atoms in total. The van der Waals surface area contributed by atoms with Gasteiger partial charge >= 0.3 is 11.7 Å². The molecule has 6 heteroatoms. The summed E-state index contributed by atoms with van der Waals surface area (Å²) in [6.45, 7) is 4.87. The van der Waals surface area contributed by atoms with Gasteiger partial charge in [0.05, 0.1) is 16.6 Å². The van der Waals surface area contributed by atoms with Gasteiger partial charge in [0.1, 0.15) is 0 Å². The lowest BCUT2D eigenvalue weighted by molar-refractivity contribution is 0.0697. The third-order valence-corrected chi connectivity index (χ3v) is 5.76. The van der Waals surface area contributed by atoms with Crippen LogP contribution in [-0.2, 0) is 6.54 Å². The van der Waals surface area contributed by atoms with Crippen LogP contribution < -0.4 is 5.69 Å². The number of aromatic nitrogens is 2. The first-order valence-electron chi connectivity index (χ1n) is 6.97. The molecule has 0 saturated carbocycles. The monoisotopic (exact) mass is 308 g/mol. The molecule has 1 heterocycles. The van der Waals surface area contributed by atoms with Crippen LogP contribution >= 0.6 is 11.8 Å². The van der Waals surface area contributed by atoms with E-state index in [4.69, 9.17) is 5.11 Å². The van der Waals surface area contributed by atoms with Crippen LogP contribution in [-0.4, -0.2) is 31.6 Å². The molecule has 0 aliphatic heterocycles. The van der Waals surface area contributed by atoms with Gasteiger partial charge in [-0.25, -0.2) is 9.59 Å². The minimum absolute atomic E-state index is 0.0183. The lowest BCUT2D eigenvalue weighted by Crippen LogP contribution is -2.33. The highest BCUT2D eigenvalue weighted by molar-refractivity contribution is 8.00. The van der Waals surface area contributed by atoms with Crippen molar-refractivity contribution in [1.82, 2.24) is 9.55 Å². The zero-order chi connectivity index (χ0) is 15.6. The van der Waals surface area contributed by atoms with Crippen LogP contribution in [0.4, 0.5) is 0 Å². The number of H-pyrrole nitrogens is 1. The van der Waals surface area contributed by atoms with Crippen LogP contribution in [0.2, 0.25) is 0 Å². The van der Waals surface area contributed by atoms with E-state index in [1.54, 1.807) is 22.4 Å². The Morgan fingerprint density at radius 1 is 1.38 bits per heavy atom. The van der Waals surface area contributed by atoms with Crippen molar-refractivity contribution in [1.29, 1.82) is 0 Å². The van der Waals surface area contributed by atoms with E-state index in [0.29, 0.717) is 12.1 Å². The summed E-state index contributed by atoms with van der Waals surface area (Å²) >= 11 is 1.77. The molecule has 2 N–H and O–H groups in total. The third kappa shape index (κ3) is 2.85. The Balaban J connectivity index is 2.52. The third-order valence-electron chi connectivity index (χ3n) is 4.19. The second-order valence-electron chi connectivity index (χ2n) is 5.15. The van der Waals surface area contributed by atoms with Gasteiger partial charge in [-0.2, -0.15) is 11.8 Å². The summed E-state index contributed by atoms with van der Waals surface area (Å²) in [5, 5.41) is 9.02. The lowest BCUT2D eigenvalue weighted by Gasteiger charge is -2.29. The Morgan fingerprint density at radius 2 is 2.05 bits per heavy atom.